The second-order valence-corrected chi connectivity index (χ2v) is 2.47. The molecule has 0 atom stereocenters. The van der Waals surface area contributed by atoms with Gasteiger partial charge in [0.2, 0.25) is 11.7 Å². The van der Waals surface area contributed by atoms with Crippen LogP contribution < -0.4 is 4.74 Å². The number of carbonyl (C=O) groups excluding carboxylic acids is 1. The van der Waals surface area contributed by atoms with Gasteiger partial charge in [0.1, 0.15) is 6.61 Å². The lowest BCUT2D eigenvalue weighted by molar-refractivity contribution is 0.0774. The Morgan fingerprint density at radius 2 is 2.14 bits per heavy atom. The first kappa shape index (κ1) is 10.6. The number of ketones is 1. The predicted molar refractivity (Wildman–Crippen MR) is 49.4 cm³/mol. The van der Waals surface area contributed by atoms with E-state index < -0.39 is 0 Å². The molecule has 0 aliphatic carbocycles. The van der Waals surface area contributed by atoms with Crippen molar-refractivity contribution < 1.29 is 14.3 Å². The molecule has 5 nitrogen and oxygen atoms in total. The van der Waals surface area contributed by atoms with Crippen molar-refractivity contribution in [1.29, 1.82) is 0 Å². The number of ether oxygens (including phenoxy) is 2. The molecule has 14 heavy (non-hydrogen) atoms. The highest BCUT2D eigenvalue weighted by Crippen LogP contribution is 2.10. The molecule has 5 heteroatoms. The Labute approximate surface area is 82.1 Å². The zero-order valence-electron chi connectivity index (χ0n) is 8.19. The molecule has 0 spiro atoms. The lowest BCUT2D eigenvalue weighted by atomic mass is 10.3. The fourth-order valence-electron chi connectivity index (χ4n) is 0.929. The fraction of sp³-hybridized carbons (Fsp3) is 0.444. The van der Waals surface area contributed by atoms with Crippen molar-refractivity contribution in [2.45, 2.75) is 6.92 Å². The summed E-state index contributed by atoms with van der Waals surface area (Å²) in [4.78, 5) is 19.2. The first-order valence-electron chi connectivity index (χ1n) is 4.25. The molecular formula is C9H12N2O3. The van der Waals surface area contributed by atoms with Crippen LogP contribution in [0, 0.1) is 0 Å². The number of methoxy groups -OCH3 is 1. The van der Waals surface area contributed by atoms with Gasteiger partial charge in [0.15, 0.2) is 5.69 Å². The molecule has 0 saturated carbocycles. The van der Waals surface area contributed by atoms with E-state index in [-0.39, 0.29) is 24.0 Å². The lowest BCUT2D eigenvalue weighted by Crippen LogP contribution is -2.12. The number of Topliss-reactive ketones (excluding diaryl/α,β-unsaturated/α-hetero) is 1. The minimum atomic E-state index is -0.225. The number of hydrogen-bond acceptors (Lipinski definition) is 5. The van der Waals surface area contributed by atoms with Crippen LogP contribution in [0.3, 0.4) is 0 Å². The normalized spacial score (nSPS) is 9.86. The Balaban J connectivity index is 2.78. The van der Waals surface area contributed by atoms with Crippen LogP contribution in [0.15, 0.2) is 12.4 Å². The summed E-state index contributed by atoms with van der Waals surface area (Å²) in [5, 5.41) is 0. The molecule has 0 amide bonds. The number of rotatable bonds is 5. The molecule has 1 rings (SSSR count). The third kappa shape index (κ3) is 2.50. The van der Waals surface area contributed by atoms with Crippen LogP contribution in [-0.4, -0.2) is 36.1 Å². The number of hydrogen-bond donors (Lipinski definition) is 0. The summed E-state index contributed by atoms with van der Waals surface area (Å²) >= 11 is 0. The summed E-state index contributed by atoms with van der Waals surface area (Å²) in [6, 6.07) is 0. The van der Waals surface area contributed by atoms with Gasteiger partial charge in [-0.25, -0.2) is 9.97 Å². The van der Waals surface area contributed by atoms with Gasteiger partial charge in [0, 0.05) is 19.0 Å². The number of carbonyl (C=O) groups is 1. The second-order valence-electron chi connectivity index (χ2n) is 2.47. The predicted octanol–water partition coefficient (Wildman–Crippen LogP) is 0.704. The van der Waals surface area contributed by atoms with Crippen molar-refractivity contribution in [1.82, 2.24) is 9.97 Å². The maximum Gasteiger partial charge on any atom is 0.243 e. The minimum absolute atomic E-state index is 0.00551. The van der Waals surface area contributed by atoms with E-state index in [1.54, 1.807) is 0 Å². The summed E-state index contributed by atoms with van der Waals surface area (Å²) in [6.07, 6.45) is 2.91. The molecule has 0 fully saturated rings. The van der Waals surface area contributed by atoms with E-state index in [9.17, 15) is 4.79 Å². The van der Waals surface area contributed by atoms with E-state index in [0.29, 0.717) is 6.61 Å². The second kappa shape index (κ2) is 5.29. The highest BCUT2D eigenvalue weighted by molar-refractivity contribution is 5.97. The lowest BCUT2D eigenvalue weighted by Gasteiger charge is -2.04. The number of nitrogens with zero attached hydrogens (tertiary/aromatic N) is 2. The zero-order valence-corrected chi connectivity index (χ0v) is 8.19. The van der Waals surface area contributed by atoms with E-state index in [2.05, 4.69) is 9.97 Å². The highest BCUT2D eigenvalue weighted by Gasteiger charge is 2.14. The van der Waals surface area contributed by atoms with E-state index in [0.717, 1.165) is 0 Å². The summed E-state index contributed by atoms with van der Waals surface area (Å²) < 4.78 is 9.87. The highest BCUT2D eigenvalue weighted by atomic mass is 16.5. The Morgan fingerprint density at radius 3 is 2.79 bits per heavy atom. The van der Waals surface area contributed by atoms with Crippen LogP contribution in [-0.2, 0) is 4.74 Å². The third-order valence-electron chi connectivity index (χ3n) is 1.56. The monoisotopic (exact) mass is 196 g/mol. The first-order chi connectivity index (χ1) is 6.79. The van der Waals surface area contributed by atoms with E-state index >= 15 is 0 Å². The van der Waals surface area contributed by atoms with Gasteiger partial charge in [-0.3, -0.25) is 4.79 Å². The molecule has 0 saturated heterocycles. The molecule has 0 aromatic carbocycles. The SMILES string of the molecule is CCOCC(=O)c1nccnc1OC. The molecule has 1 heterocycles. The van der Waals surface area contributed by atoms with Crippen molar-refractivity contribution in [2.75, 3.05) is 20.3 Å². The van der Waals surface area contributed by atoms with Crippen LogP contribution in [0.2, 0.25) is 0 Å². The van der Waals surface area contributed by atoms with E-state index in [1.807, 2.05) is 6.92 Å². The van der Waals surface area contributed by atoms with E-state index in [1.165, 1.54) is 19.5 Å². The minimum Gasteiger partial charge on any atom is -0.479 e. The fourth-order valence-corrected chi connectivity index (χ4v) is 0.929. The summed E-state index contributed by atoms with van der Waals surface area (Å²) in [5.74, 6) is 0.00834. The van der Waals surface area contributed by atoms with Gasteiger partial charge in [-0.15, -0.1) is 0 Å². The topological polar surface area (TPSA) is 61.3 Å². The van der Waals surface area contributed by atoms with Crippen LogP contribution in [0.5, 0.6) is 5.88 Å². The Bertz CT molecular complexity index is 315. The maximum absolute atomic E-state index is 11.5. The molecule has 0 bridgehead atoms. The Morgan fingerprint density at radius 1 is 1.43 bits per heavy atom. The molecular weight excluding hydrogens is 184 g/mol. The van der Waals surface area contributed by atoms with Crippen LogP contribution in [0.25, 0.3) is 0 Å². The van der Waals surface area contributed by atoms with Crippen LogP contribution >= 0.6 is 0 Å². The van der Waals surface area contributed by atoms with Gasteiger partial charge in [0.05, 0.1) is 7.11 Å². The van der Waals surface area contributed by atoms with Gasteiger partial charge in [-0.1, -0.05) is 0 Å². The number of aromatic nitrogens is 2. The van der Waals surface area contributed by atoms with Gasteiger partial charge in [-0.05, 0) is 6.92 Å². The third-order valence-corrected chi connectivity index (χ3v) is 1.56. The molecule has 0 N–H and O–H groups in total. The summed E-state index contributed by atoms with van der Waals surface area (Å²) in [5.41, 5.74) is 0.212. The molecule has 1 aromatic heterocycles. The van der Waals surface area contributed by atoms with Crippen LogP contribution in [0.1, 0.15) is 17.4 Å². The quantitative estimate of drug-likeness (QED) is 0.649. The van der Waals surface area contributed by atoms with Crippen molar-refractivity contribution in [3.8, 4) is 5.88 Å². The largest absolute Gasteiger partial charge is 0.479 e. The van der Waals surface area contributed by atoms with Crippen LogP contribution in [0.4, 0.5) is 0 Å². The summed E-state index contributed by atoms with van der Waals surface area (Å²) in [7, 11) is 1.45. The van der Waals surface area contributed by atoms with Gasteiger partial charge < -0.3 is 9.47 Å². The van der Waals surface area contributed by atoms with Gasteiger partial charge in [-0.2, -0.15) is 0 Å². The van der Waals surface area contributed by atoms with Gasteiger partial charge in [0.25, 0.3) is 0 Å². The van der Waals surface area contributed by atoms with Crippen molar-refractivity contribution in [3.63, 3.8) is 0 Å². The molecule has 0 aliphatic heterocycles. The molecule has 0 aliphatic rings. The van der Waals surface area contributed by atoms with Crippen molar-refractivity contribution in [3.05, 3.63) is 18.1 Å². The summed E-state index contributed by atoms with van der Waals surface area (Å²) in [6.45, 7) is 2.32. The smallest absolute Gasteiger partial charge is 0.243 e. The van der Waals surface area contributed by atoms with Crippen molar-refractivity contribution in [2.24, 2.45) is 0 Å². The Kier molecular flexibility index (Phi) is 4.00. The maximum atomic E-state index is 11.5. The first-order valence-corrected chi connectivity index (χ1v) is 4.25. The standard InChI is InChI=1S/C9H12N2O3/c1-3-14-6-7(12)8-9(13-2)11-5-4-10-8/h4-5H,3,6H2,1-2H3. The molecule has 0 unspecified atom stereocenters. The average molecular weight is 196 g/mol. The molecule has 76 valence electrons. The van der Waals surface area contributed by atoms with Crippen molar-refractivity contribution >= 4 is 5.78 Å². The molecule has 1 aromatic rings. The van der Waals surface area contributed by atoms with E-state index in [4.69, 9.17) is 9.47 Å². The van der Waals surface area contributed by atoms with Gasteiger partial charge >= 0.3 is 0 Å². The average Bonchev–Trinajstić information content (AvgIpc) is 2.25. The Hall–Kier alpha value is -1.49. The zero-order chi connectivity index (χ0) is 10.4. The molecule has 0 radical (unpaired) electrons.